The molecule has 3 rings (SSSR count). The number of anilines is 3. The van der Waals surface area contributed by atoms with Gasteiger partial charge in [0.15, 0.2) is 0 Å². The molecule has 3 aromatic rings. The standard InChI is InChI=1S/C19H13ClF3N3O/c20-15-7-3-1-5-13(15)18(27)25-12-9-10-17(24-11-12)26-16-8-4-2-6-14(16)19(21,22)23/h1-11H,(H,24,26)(H,25,27). The molecule has 4 nitrogen and oxygen atoms in total. The van der Waals surface area contributed by atoms with Crippen LogP contribution in [0.5, 0.6) is 0 Å². The molecule has 0 bridgehead atoms. The van der Waals surface area contributed by atoms with Crippen LogP contribution in [-0.2, 0) is 6.18 Å². The van der Waals surface area contributed by atoms with Crippen LogP contribution < -0.4 is 10.6 Å². The first-order valence-electron chi connectivity index (χ1n) is 7.80. The monoisotopic (exact) mass is 391 g/mol. The van der Waals surface area contributed by atoms with Gasteiger partial charge in [-0.1, -0.05) is 35.9 Å². The summed E-state index contributed by atoms with van der Waals surface area (Å²) >= 11 is 5.97. The zero-order chi connectivity index (χ0) is 19.4. The summed E-state index contributed by atoms with van der Waals surface area (Å²) in [6.07, 6.45) is -3.14. The van der Waals surface area contributed by atoms with Gasteiger partial charge in [0.1, 0.15) is 5.82 Å². The van der Waals surface area contributed by atoms with Crippen molar-refractivity contribution in [1.29, 1.82) is 0 Å². The Kier molecular flexibility index (Phi) is 5.32. The number of alkyl halides is 3. The van der Waals surface area contributed by atoms with Crippen molar-refractivity contribution in [3.63, 3.8) is 0 Å². The van der Waals surface area contributed by atoms with Gasteiger partial charge in [-0.05, 0) is 36.4 Å². The fourth-order valence-corrected chi connectivity index (χ4v) is 2.58. The number of nitrogens with zero attached hydrogens (tertiary/aromatic N) is 1. The minimum atomic E-state index is -4.48. The van der Waals surface area contributed by atoms with Crippen molar-refractivity contribution < 1.29 is 18.0 Å². The lowest BCUT2D eigenvalue weighted by atomic mass is 10.1. The average molecular weight is 392 g/mol. The molecule has 138 valence electrons. The van der Waals surface area contributed by atoms with Crippen LogP contribution in [0.25, 0.3) is 0 Å². The van der Waals surface area contributed by atoms with E-state index in [4.69, 9.17) is 11.6 Å². The number of halogens is 4. The maximum Gasteiger partial charge on any atom is 0.418 e. The average Bonchev–Trinajstić information content (AvgIpc) is 2.63. The molecular weight excluding hydrogens is 379 g/mol. The summed E-state index contributed by atoms with van der Waals surface area (Å²) in [5.74, 6) is -0.201. The van der Waals surface area contributed by atoms with Gasteiger partial charge in [0.05, 0.1) is 33.7 Å². The molecule has 0 spiro atoms. The minimum absolute atomic E-state index is 0.106. The van der Waals surface area contributed by atoms with E-state index in [-0.39, 0.29) is 11.5 Å². The fourth-order valence-electron chi connectivity index (χ4n) is 2.36. The van der Waals surface area contributed by atoms with Crippen LogP contribution in [0.1, 0.15) is 15.9 Å². The molecule has 0 aliphatic rings. The Morgan fingerprint density at radius 2 is 1.67 bits per heavy atom. The lowest BCUT2D eigenvalue weighted by Gasteiger charge is -2.14. The smallest absolute Gasteiger partial charge is 0.340 e. The third-order valence-electron chi connectivity index (χ3n) is 3.64. The minimum Gasteiger partial charge on any atom is -0.340 e. The predicted octanol–water partition coefficient (Wildman–Crippen LogP) is 5.75. The zero-order valence-corrected chi connectivity index (χ0v) is 14.5. The SMILES string of the molecule is O=C(Nc1ccc(Nc2ccccc2C(F)(F)F)nc1)c1ccccc1Cl. The van der Waals surface area contributed by atoms with Crippen LogP contribution in [0.4, 0.5) is 30.4 Å². The lowest BCUT2D eigenvalue weighted by Crippen LogP contribution is -2.12. The molecule has 0 radical (unpaired) electrons. The van der Waals surface area contributed by atoms with E-state index in [2.05, 4.69) is 15.6 Å². The van der Waals surface area contributed by atoms with Crippen molar-refractivity contribution >= 4 is 34.7 Å². The Labute approximate surface area is 158 Å². The number of nitrogens with one attached hydrogen (secondary N) is 2. The van der Waals surface area contributed by atoms with Crippen LogP contribution in [0, 0.1) is 0 Å². The quantitative estimate of drug-likeness (QED) is 0.595. The van der Waals surface area contributed by atoms with E-state index in [9.17, 15) is 18.0 Å². The normalized spacial score (nSPS) is 11.1. The maximum atomic E-state index is 13.0. The topological polar surface area (TPSA) is 54.0 Å². The number of pyridine rings is 1. The van der Waals surface area contributed by atoms with Gasteiger partial charge in [0, 0.05) is 0 Å². The predicted molar refractivity (Wildman–Crippen MR) is 98.4 cm³/mol. The molecule has 8 heteroatoms. The van der Waals surface area contributed by atoms with Crippen molar-refractivity contribution in [2.75, 3.05) is 10.6 Å². The van der Waals surface area contributed by atoms with Crippen molar-refractivity contribution in [1.82, 2.24) is 4.98 Å². The summed E-state index contributed by atoms with van der Waals surface area (Å²) in [7, 11) is 0. The first kappa shape index (κ1) is 18.7. The number of hydrogen-bond donors (Lipinski definition) is 2. The van der Waals surface area contributed by atoms with E-state index < -0.39 is 17.6 Å². The number of aromatic nitrogens is 1. The molecule has 2 N–H and O–H groups in total. The summed E-state index contributed by atoms with van der Waals surface area (Å²) in [5, 5.41) is 5.58. The van der Waals surface area contributed by atoms with E-state index in [1.54, 1.807) is 24.3 Å². The Hall–Kier alpha value is -3.06. The third kappa shape index (κ3) is 4.57. The van der Waals surface area contributed by atoms with E-state index >= 15 is 0 Å². The molecule has 27 heavy (non-hydrogen) atoms. The summed E-state index contributed by atoms with van der Waals surface area (Å²) in [6.45, 7) is 0. The molecule has 0 unspecified atom stereocenters. The second-order valence-electron chi connectivity index (χ2n) is 5.53. The molecule has 1 amide bonds. The number of hydrogen-bond acceptors (Lipinski definition) is 3. The van der Waals surface area contributed by atoms with E-state index in [1.165, 1.54) is 36.5 Å². The highest BCUT2D eigenvalue weighted by atomic mass is 35.5. The second-order valence-corrected chi connectivity index (χ2v) is 5.94. The maximum absolute atomic E-state index is 13.0. The van der Waals surface area contributed by atoms with E-state index in [1.807, 2.05) is 0 Å². The highest BCUT2D eigenvalue weighted by molar-refractivity contribution is 6.34. The summed E-state index contributed by atoms with van der Waals surface area (Å²) in [6, 6.07) is 14.7. The molecule has 1 aromatic heterocycles. The highest BCUT2D eigenvalue weighted by Crippen LogP contribution is 2.35. The van der Waals surface area contributed by atoms with Gasteiger partial charge in [-0.2, -0.15) is 13.2 Å². The van der Waals surface area contributed by atoms with Gasteiger partial charge in [-0.15, -0.1) is 0 Å². The summed E-state index contributed by atoms with van der Waals surface area (Å²) < 4.78 is 39.1. The van der Waals surface area contributed by atoms with E-state index in [0.29, 0.717) is 16.3 Å². The van der Waals surface area contributed by atoms with Crippen LogP contribution >= 0.6 is 11.6 Å². The van der Waals surface area contributed by atoms with Gasteiger partial charge in [0.25, 0.3) is 5.91 Å². The van der Waals surface area contributed by atoms with Crippen LogP contribution in [-0.4, -0.2) is 10.9 Å². The summed E-state index contributed by atoms with van der Waals surface area (Å²) in [5.41, 5.74) is -0.205. The highest BCUT2D eigenvalue weighted by Gasteiger charge is 2.33. The zero-order valence-electron chi connectivity index (χ0n) is 13.7. The Morgan fingerprint density at radius 3 is 2.33 bits per heavy atom. The number of carbonyl (C=O) groups is 1. The van der Waals surface area contributed by atoms with Crippen LogP contribution in [0.3, 0.4) is 0 Å². The molecule has 0 saturated heterocycles. The second kappa shape index (κ2) is 7.67. The van der Waals surface area contributed by atoms with Crippen molar-refractivity contribution in [2.45, 2.75) is 6.18 Å². The molecule has 0 atom stereocenters. The first-order valence-corrected chi connectivity index (χ1v) is 8.17. The molecule has 2 aromatic carbocycles. The Bertz CT molecular complexity index is 959. The van der Waals surface area contributed by atoms with Gasteiger partial charge < -0.3 is 10.6 Å². The van der Waals surface area contributed by atoms with Crippen molar-refractivity contribution in [3.8, 4) is 0 Å². The fraction of sp³-hybridized carbons (Fsp3) is 0.0526. The van der Waals surface area contributed by atoms with Crippen molar-refractivity contribution in [2.24, 2.45) is 0 Å². The Morgan fingerprint density at radius 1 is 0.963 bits per heavy atom. The molecular formula is C19H13ClF3N3O. The molecule has 0 saturated carbocycles. The lowest BCUT2D eigenvalue weighted by molar-refractivity contribution is -0.136. The van der Waals surface area contributed by atoms with Crippen LogP contribution in [0.2, 0.25) is 5.02 Å². The Balaban J connectivity index is 1.73. The van der Waals surface area contributed by atoms with Crippen LogP contribution in [0.15, 0.2) is 66.9 Å². The number of para-hydroxylation sites is 1. The first-order chi connectivity index (χ1) is 12.8. The molecule has 1 heterocycles. The van der Waals surface area contributed by atoms with Gasteiger partial charge in [0.2, 0.25) is 0 Å². The third-order valence-corrected chi connectivity index (χ3v) is 3.96. The largest absolute Gasteiger partial charge is 0.418 e. The molecule has 0 aliphatic carbocycles. The summed E-state index contributed by atoms with van der Waals surface area (Å²) in [4.78, 5) is 16.2. The number of amides is 1. The molecule has 0 fully saturated rings. The van der Waals surface area contributed by atoms with E-state index in [0.717, 1.165) is 6.07 Å². The molecule has 0 aliphatic heterocycles. The number of rotatable bonds is 4. The van der Waals surface area contributed by atoms with Gasteiger partial charge >= 0.3 is 6.18 Å². The number of benzene rings is 2. The van der Waals surface area contributed by atoms with Gasteiger partial charge in [-0.3, -0.25) is 4.79 Å². The number of carbonyl (C=O) groups excluding carboxylic acids is 1. The van der Waals surface area contributed by atoms with Crippen molar-refractivity contribution in [3.05, 3.63) is 83.0 Å². The van der Waals surface area contributed by atoms with Gasteiger partial charge in [-0.25, -0.2) is 4.98 Å².